The molecule has 1 aromatic heterocycles. The number of hydrogen-bond donors (Lipinski definition) is 0. The van der Waals surface area contributed by atoms with Gasteiger partial charge in [0.25, 0.3) is 0 Å². The average Bonchev–Trinajstić information content (AvgIpc) is 3.44. The third-order valence-electron chi connectivity index (χ3n) is 6.22. The van der Waals surface area contributed by atoms with Crippen LogP contribution in [0.5, 0.6) is 0 Å². The van der Waals surface area contributed by atoms with Crippen molar-refractivity contribution in [2.45, 2.75) is 71.1 Å². The van der Waals surface area contributed by atoms with Crippen molar-refractivity contribution in [2.24, 2.45) is 5.92 Å². The highest BCUT2D eigenvalue weighted by Crippen LogP contribution is 2.41. The zero-order valence-electron chi connectivity index (χ0n) is 18.8. The van der Waals surface area contributed by atoms with E-state index in [1.165, 1.54) is 65.7 Å². The Morgan fingerprint density at radius 1 is 1.10 bits per heavy atom. The van der Waals surface area contributed by atoms with Crippen LogP contribution in [0.25, 0.3) is 5.57 Å². The first-order valence-corrected chi connectivity index (χ1v) is 12.4. The van der Waals surface area contributed by atoms with Gasteiger partial charge in [-0.05, 0) is 79.7 Å². The zero-order valence-corrected chi connectivity index (χ0v) is 19.6. The van der Waals surface area contributed by atoms with E-state index in [2.05, 4.69) is 37.3 Å². The number of carbonyl (C=O) groups is 1. The Labute approximate surface area is 190 Å². The summed E-state index contributed by atoms with van der Waals surface area (Å²) >= 11 is 1.52. The molecule has 0 amide bonds. The minimum atomic E-state index is -0.260. The van der Waals surface area contributed by atoms with Crippen LogP contribution in [0.3, 0.4) is 0 Å². The molecule has 0 saturated heterocycles. The van der Waals surface area contributed by atoms with Gasteiger partial charge in [0.2, 0.25) is 0 Å². The highest BCUT2D eigenvalue weighted by Gasteiger charge is 2.26. The minimum Gasteiger partial charge on any atom is -0.465 e. The molecule has 4 heteroatoms. The van der Waals surface area contributed by atoms with Gasteiger partial charge in [-0.3, -0.25) is 0 Å². The van der Waals surface area contributed by atoms with E-state index in [0.29, 0.717) is 10.8 Å². The quantitative estimate of drug-likeness (QED) is 0.273. The summed E-state index contributed by atoms with van der Waals surface area (Å²) in [7, 11) is 1.42. The van der Waals surface area contributed by atoms with Crippen LogP contribution in [0.4, 0.5) is 0 Å². The van der Waals surface area contributed by atoms with Crippen molar-refractivity contribution >= 4 is 22.9 Å². The van der Waals surface area contributed by atoms with Gasteiger partial charge in [0.1, 0.15) is 4.88 Å². The number of hydrogen-bond acceptors (Lipinski definition) is 4. The second-order valence-electron chi connectivity index (χ2n) is 8.40. The number of rotatable bonds is 11. The van der Waals surface area contributed by atoms with Crippen molar-refractivity contribution in [3.8, 4) is 6.07 Å². The predicted octanol–water partition coefficient (Wildman–Crippen LogP) is 7.37. The lowest BCUT2D eigenvalue weighted by molar-refractivity contribution is 0.0606. The summed E-state index contributed by atoms with van der Waals surface area (Å²) in [5, 5.41) is 9.67. The van der Waals surface area contributed by atoms with Gasteiger partial charge in [-0.2, -0.15) is 5.26 Å². The number of nitriles is 1. The second kappa shape index (κ2) is 11.9. The number of carbonyl (C=O) groups excluding carboxylic acids is 1. The summed E-state index contributed by atoms with van der Waals surface area (Å²) in [4.78, 5) is 13.5. The second-order valence-corrected chi connectivity index (χ2v) is 9.57. The number of benzene rings is 1. The smallest absolute Gasteiger partial charge is 0.348 e. The third kappa shape index (κ3) is 6.31. The van der Waals surface area contributed by atoms with E-state index in [1.54, 1.807) is 0 Å². The number of thiophene rings is 1. The Bertz CT molecular complexity index is 933. The van der Waals surface area contributed by atoms with Gasteiger partial charge in [0, 0.05) is 10.5 Å². The molecule has 0 unspecified atom stereocenters. The van der Waals surface area contributed by atoms with Gasteiger partial charge in [0.05, 0.1) is 13.2 Å². The van der Waals surface area contributed by atoms with Crippen LogP contribution in [0.15, 0.2) is 42.0 Å². The highest BCUT2D eigenvalue weighted by molar-refractivity contribution is 7.13. The zero-order chi connectivity index (χ0) is 22.1. The van der Waals surface area contributed by atoms with Crippen LogP contribution in [-0.2, 0) is 17.6 Å². The summed E-state index contributed by atoms with van der Waals surface area (Å²) in [6.45, 7) is 2.24. The minimum absolute atomic E-state index is 0.260. The lowest BCUT2D eigenvalue weighted by Crippen LogP contribution is -2.01. The summed E-state index contributed by atoms with van der Waals surface area (Å²) in [6.07, 6.45) is 11.3. The SMILES string of the molecule is CCCCCCc1ccc(C2=C(C#N)CC[C@@H]2CCCc2ccc(C(=O)OC)s2)cc1. The van der Waals surface area contributed by atoms with E-state index in [4.69, 9.17) is 4.74 Å². The largest absolute Gasteiger partial charge is 0.465 e. The number of aryl methyl sites for hydroxylation is 2. The number of esters is 1. The van der Waals surface area contributed by atoms with E-state index in [1.807, 2.05) is 12.1 Å². The summed E-state index contributed by atoms with van der Waals surface area (Å²) < 4.78 is 4.80. The lowest BCUT2D eigenvalue weighted by Gasteiger charge is -2.16. The topological polar surface area (TPSA) is 50.1 Å². The van der Waals surface area contributed by atoms with Crippen LogP contribution in [0.1, 0.15) is 84.0 Å². The van der Waals surface area contributed by atoms with Crippen molar-refractivity contribution in [1.29, 1.82) is 5.26 Å². The fourth-order valence-corrected chi connectivity index (χ4v) is 5.48. The number of allylic oxidation sites excluding steroid dienone is 2. The molecule has 0 N–H and O–H groups in total. The molecule has 1 aliphatic carbocycles. The maximum Gasteiger partial charge on any atom is 0.348 e. The molecular weight excluding hydrogens is 402 g/mol. The molecular formula is C27H33NO2S. The highest BCUT2D eigenvalue weighted by atomic mass is 32.1. The number of nitrogens with zero attached hydrogens (tertiary/aromatic N) is 1. The molecule has 1 aromatic carbocycles. The third-order valence-corrected chi connectivity index (χ3v) is 7.34. The summed E-state index contributed by atoms with van der Waals surface area (Å²) in [6, 6.07) is 15.3. The molecule has 0 saturated carbocycles. The van der Waals surface area contributed by atoms with E-state index in [9.17, 15) is 10.1 Å². The standard InChI is InChI=1S/C27H33NO2S/c1-3-4-5-6-8-20-11-13-22(14-12-20)26-21(15-16-23(26)19-28)9-7-10-24-17-18-25(31-24)27(29)30-2/h11-14,17-18,21H,3-10,15-16H2,1-2H3/t21-/m0/s1. The molecule has 1 aliphatic rings. The first-order valence-electron chi connectivity index (χ1n) is 11.6. The van der Waals surface area contributed by atoms with Crippen molar-refractivity contribution in [2.75, 3.05) is 7.11 Å². The van der Waals surface area contributed by atoms with Crippen molar-refractivity contribution in [3.05, 3.63) is 62.9 Å². The van der Waals surface area contributed by atoms with Gasteiger partial charge >= 0.3 is 5.97 Å². The van der Waals surface area contributed by atoms with Crippen LogP contribution in [-0.4, -0.2) is 13.1 Å². The molecule has 0 bridgehead atoms. The fraction of sp³-hybridized carbons (Fsp3) is 0.481. The fourth-order valence-electron chi connectivity index (χ4n) is 4.51. The Morgan fingerprint density at radius 3 is 2.61 bits per heavy atom. The molecule has 1 atom stereocenters. The molecule has 31 heavy (non-hydrogen) atoms. The van der Waals surface area contributed by atoms with Crippen molar-refractivity contribution in [1.82, 2.24) is 0 Å². The van der Waals surface area contributed by atoms with Crippen molar-refractivity contribution in [3.63, 3.8) is 0 Å². The number of ether oxygens (including phenoxy) is 1. The molecule has 0 fully saturated rings. The average molecular weight is 436 g/mol. The summed E-state index contributed by atoms with van der Waals surface area (Å²) in [5.41, 5.74) is 4.85. The van der Waals surface area contributed by atoms with Gasteiger partial charge in [-0.1, -0.05) is 50.5 Å². The molecule has 0 spiro atoms. The Morgan fingerprint density at radius 2 is 1.90 bits per heavy atom. The van der Waals surface area contributed by atoms with Gasteiger partial charge < -0.3 is 4.74 Å². The molecule has 2 aromatic rings. The number of methoxy groups -OCH3 is 1. The first kappa shape index (κ1) is 23.3. The maximum absolute atomic E-state index is 11.6. The van der Waals surface area contributed by atoms with E-state index >= 15 is 0 Å². The van der Waals surface area contributed by atoms with Gasteiger partial charge in [-0.25, -0.2) is 4.79 Å². The van der Waals surface area contributed by atoms with E-state index in [-0.39, 0.29) is 5.97 Å². The normalized spacial score (nSPS) is 15.8. The van der Waals surface area contributed by atoms with Gasteiger partial charge in [0.15, 0.2) is 0 Å². The van der Waals surface area contributed by atoms with Gasteiger partial charge in [-0.15, -0.1) is 11.3 Å². The summed E-state index contributed by atoms with van der Waals surface area (Å²) in [5.74, 6) is 0.190. The first-order chi connectivity index (χ1) is 15.2. The molecule has 164 valence electrons. The Balaban J connectivity index is 1.59. The molecule has 0 radical (unpaired) electrons. The Hall–Kier alpha value is -2.38. The van der Waals surface area contributed by atoms with Crippen molar-refractivity contribution < 1.29 is 9.53 Å². The van der Waals surface area contributed by atoms with Crippen LogP contribution >= 0.6 is 11.3 Å². The maximum atomic E-state index is 11.6. The molecule has 3 nitrogen and oxygen atoms in total. The number of unbranched alkanes of at least 4 members (excludes halogenated alkanes) is 3. The van der Waals surface area contributed by atoms with E-state index in [0.717, 1.165) is 44.1 Å². The monoisotopic (exact) mass is 435 g/mol. The molecule has 3 rings (SSSR count). The van der Waals surface area contributed by atoms with Crippen LogP contribution in [0.2, 0.25) is 0 Å². The van der Waals surface area contributed by atoms with Crippen LogP contribution in [0, 0.1) is 17.2 Å². The molecule has 1 heterocycles. The predicted molar refractivity (Wildman–Crippen MR) is 128 cm³/mol. The molecule has 0 aliphatic heterocycles. The lowest BCUT2D eigenvalue weighted by atomic mass is 9.89. The Kier molecular flexibility index (Phi) is 8.91. The van der Waals surface area contributed by atoms with Crippen LogP contribution < -0.4 is 0 Å². The van der Waals surface area contributed by atoms with E-state index < -0.39 is 0 Å².